The molecular weight excluding hydrogens is 332 g/mol. The van der Waals surface area contributed by atoms with E-state index < -0.39 is 6.10 Å². The second-order valence-corrected chi connectivity index (χ2v) is 5.97. The Morgan fingerprint density at radius 1 is 1.47 bits per heavy atom. The van der Waals surface area contributed by atoms with Crippen molar-refractivity contribution in [2.24, 2.45) is 0 Å². The number of anilines is 1. The quantitative estimate of drug-likeness (QED) is 0.870. The Balaban J connectivity index is 2.81. The number of amides is 2. The summed E-state index contributed by atoms with van der Waals surface area (Å²) in [5, 5.41) is 12.6. The molecule has 19 heavy (non-hydrogen) atoms. The highest BCUT2D eigenvalue weighted by Crippen LogP contribution is 2.26. The summed E-state index contributed by atoms with van der Waals surface area (Å²) in [6, 6.07) is 4.95. The van der Waals surface area contributed by atoms with Crippen molar-refractivity contribution in [1.29, 1.82) is 0 Å². The van der Waals surface area contributed by atoms with Crippen LogP contribution in [-0.4, -0.2) is 34.7 Å². The molecule has 0 saturated carbocycles. The molecule has 0 spiro atoms. The minimum atomic E-state index is -0.575. The number of hydrogen-bond acceptors (Lipinski definition) is 2. The third kappa shape index (κ3) is 5.01. The number of benzene rings is 1. The van der Waals surface area contributed by atoms with Crippen molar-refractivity contribution < 1.29 is 9.90 Å². The van der Waals surface area contributed by atoms with Crippen LogP contribution in [0.2, 0.25) is 5.02 Å². The second-order valence-electron chi connectivity index (χ2n) is 4.65. The molecule has 1 atom stereocenters. The summed E-state index contributed by atoms with van der Waals surface area (Å²) in [4.78, 5) is 13.7. The zero-order valence-electron chi connectivity index (χ0n) is 11.2. The number of carbonyl (C=O) groups is 1. The van der Waals surface area contributed by atoms with E-state index in [4.69, 9.17) is 11.6 Å². The lowest BCUT2D eigenvalue weighted by molar-refractivity contribution is 0.125. The Labute approximate surface area is 126 Å². The van der Waals surface area contributed by atoms with Gasteiger partial charge in [0.15, 0.2) is 0 Å². The van der Waals surface area contributed by atoms with Gasteiger partial charge in [0, 0.05) is 17.1 Å². The first-order valence-electron chi connectivity index (χ1n) is 6.02. The van der Waals surface area contributed by atoms with Gasteiger partial charge in [-0.15, -0.1) is 0 Å². The van der Waals surface area contributed by atoms with Crippen LogP contribution in [0, 0.1) is 0 Å². The van der Waals surface area contributed by atoms with Crippen molar-refractivity contribution >= 4 is 39.2 Å². The summed E-state index contributed by atoms with van der Waals surface area (Å²) >= 11 is 9.36. The molecule has 0 aromatic heterocycles. The maximum atomic E-state index is 12.2. The number of aliphatic hydroxyl groups is 1. The van der Waals surface area contributed by atoms with Gasteiger partial charge in [-0.3, -0.25) is 0 Å². The van der Waals surface area contributed by atoms with E-state index >= 15 is 0 Å². The van der Waals surface area contributed by atoms with Crippen LogP contribution in [0.5, 0.6) is 0 Å². The van der Waals surface area contributed by atoms with E-state index in [0.717, 1.165) is 4.47 Å². The second kappa shape index (κ2) is 7.12. The number of urea groups is 1. The Morgan fingerprint density at radius 2 is 2.11 bits per heavy atom. The fourth-order valence-corrected chi connectivity index (χ4v) is 2.31. The van der Waals surface area contributed by atoms with Gasteiger partial charge in [-0.25, -0.2) is 4.79 Å². The molecule has 0 heterocycles. The van der Waals surface area contributed by atoms with E-state index in [9.17, 15) is 9.90 Å². The number of nitrogens with one attached hydrogen (secondary N) is 1. The van der Waals surface area contributed by atoms with Crippen LogP contribution in [0.25, 0.3) is 0 Å². The SMILES string of the molecule is CC(O)CN(C(=O)Nc1ccc(Br)cc1Cl)C(C)C. The summed E-state index contributed by atoms with van der Waals surface area (Å²) in [5.41, 5.74) is 0.547. The molecular formula is C13H18BrClN2O2. The molecule has 2 N–H and O–H groups in total. The molecule has 1 aromatic carbocycles. The smallest absolute Gasteiger partial charge is 0.322 e. The van der Waals surface area contributed by atoms with Crippen molar-refractivity contribution in [3.63, 3.8) is 0 Å². The minimum absolute atomic E-state index is 0.0103. The average Bonchev–Trinajstić information content (AvgIpc) is 2.29. The number of rotatable bonds is 4. The summed E-state index contributed by atoms with van der Waals surface area (Å²) in [5.74, 6) is 0. The molecule has 2 amide bonds. The van der Waals surface area contributed by atoms with Crippen LogP contribution in [0.4, 0.5) is 10.5 Å². The molecule has 1 rings (SSSR count). The third-order valence-corrected chi connectivity index (χ3v) is 3.32. The predicted molar refractivity (Wildman–Crippen MR) is 81.7 cm³/mol. The maximum Gasteiger partial charge on any atom is 0.322 e. The largest absolute Gasteiger partial charge is 0.392 e. The van der Waals surface area contributed by atoms with Crippen molar-refractivity contribution in [3.05, 3.63) is 27.7 Å². The Morgan fingerprint density at radius 3 is 2.58 bits per heavy atom. The van der Waals surface area contributed by atoms with Crippen molar-refractivity contribution in [1.82, 2.24) is 4.90 Å². The number of hydrogen-bond donors (Lipinski definition) is 2. The monoisotopic (exact) mass is 348 g/mol. The number of carbonyl (C=O) groups excluding carboxylic acids is 1. The van der Waals surface area contributed by atoms with Crippen LogP contribution < -0.4 is 5.32 Å². The minimum Gasteiger partial charge on any atom is -0.392 e. The van der Waals surface area contributed by atoms with Crippen molar-refractivity contribution in [2.45, 2.75) is 32.9 Å². The highest BCUT2D eigenvalue weighted by atomic mass is 79.9. The van der Waals surface area contributed by atoms with Gasteiger partial charge < -0.3 is 15.3 Å². The van der Waals surface area contributed by atoms with Gasteiger partial charge in [-0.2, -0.15) is 0 Å². The van der Waals surface area contributed by atoms with E-state index in [0.29, 0.717) is 10.7 Å². The molecule has 106 valence electrons. The number of aliphatic hydroxyl groups excluding tert-OH is 1. The van der Waals surface area contributed by atoms with Gasteiger partial charge in [0.1, 0.15) is 0 Å². The summed E-state index contributed by atoms with van der Waals surface area (Å²) in [6.07, 6.45) is -0.575. The third-order valence-electron chi connectivity index (χ3n) is 2.52. The number of nitrogens with zero attached hydrogens (tertiary/aromatic N) is 1. The first-order valence-corrected chi connectivity index (χ1v) is 7.19. The molecule has 6 heteroatoms. The topological polar surface area (TPSA) is 52.6 Å². The van der Waals surface area contributed by atoms with Crippen LogP contribution in [0.3, 0.4) is 0 Å². The van der Waals surface area contributed by atoms with Gasteiger partial charge in [-0.05, 0) is 39.0 Å². The Bertz CT molecular complexity index is 452. The molecule has 0 saturated heterocycles. The van der Waals surface area contributed by atoms with E-state index in [2.05, 4.69) is 21.2 Å². The van der Waals surface area contributed by atoms with Gasteiger partial charge in [0.2, 0.25) is 0 Å². The molecule has 0 aliphatic heterocycles. The molecule has 0 bridgehead atoms. The highest BCUT2D eigenvalue weighted by molar-refractivity contribution is 9.10. The molecule has 4 nitrogen and oxygen atoms in total. The normalized spacial score (nSPS) is 12.4. The first kappa shape index (κ1) is 16.3. The van der Waals surface area contributed by atoms with Crippen LogP contribution in [0.1, 0.15) is 20.8 Å². The molecule has 0 aliphatic carbocycles. The Kier molecular flexibility index (Phi) is 6.10. The van der Waals surface area contributed by atoms with Gasteiger partial charge in [0.25, 0.3) is 0 Å². The van der Waals surface area contributed by atoms with Gasteiger partial charge in [0.05, 0.1) is 16.8 Å². The van der Waals surface area contributed by atoms with Gasteiger partial charge >= 0.3 is 6.03 Å². The molecule has 0 fully saturated rings. The molecule has 1 aromatic rings. The lowest BCUT2D eigenvalue weighted by Gasteiger charge is -2.28. The molecule has 0 aliphatic rings. The highest BCUT2D eigenvalue weighted by Gasteiger charge is 2.19. The van der Waals surface area contributed by atoms with Crippen LogP contribution in [-0.2, 0) is 0 Å². The summed E-state index contributed by atoms with van der Waals surface area (Å²) in [7, 11) is 0. The Hall–Kier alpha value is -0.780. The lowest BCUT2D eigenvalue weighted by atomic mass is 10.3. The molecule has 0 radical (unpaired) electrons. The van der Waals surface area contributed by atoms with Gasteiger partial charge in [-0.1, -0.05) is 27.5 Å². The fraction of sp³-hybridized carbons (Fsp3) is 0.462. The predicted octanol–water partition coefficient (Wildman–Crippen LogP) is 3.73. The maximum absolute atomic E-state index is 12.2. The van der Waals surface area contributed by atoms with Crippen LogP contribution in [0.15, 0.2) is 22.7 Å². The number of halogens is 2. The van der Waals surface area contributed by atoms with Crippen LogP contribution >= 0.6 is 27.5 Å². The molecule has 1 unspecified atom stereocenters. The van der Waals surface area contributed by atoms with E-state index in [-0.39, 0.29) is 18.6 Å². The van der Waals surface area contributed by atoms with E-state index in [1.54, 1.807) is 30.0 Å². The zero-order valence-corrected chi connectivity index (χ0v) is 13.5. The van der Waals surface area contributed by atoms with E-state index in [1.807, 2.05) is 13.8 Å². The van der Waals surface area contributed by atoms with Crippen molar-refractivity contribution in [3.8, 4) is 0 Å². The summed E-state index contributed by atoms with van der Waals surface area (Å²) < 4.78 is 0.847. The summed E-state index contributed by atoms with van der Waals surface area (Å²) in [6.45, 7) is 5.71. The first-order chi connectivity index (χ1) is 8.81. The van der Waals surface area contributed by atoms with Crippen molar-refractivity contribution in [2.75, 3.05) is 11.9 Å². The van der Waals surface area contributed by atoms with E-state index in [1.165, 1.54) is 0 Å². The lowest BCUT2D eigenvalue weighted by Crippen LogP contribution is -2.43. The fourth-order valence-electron chi connectivity index (χ4n) is 1.59. The standard InChI is InChI=1S/C13H18BrClN2O2/c1-8(2)17(7-9(3)18)13(19)16-12-5-4-10(14)6-11(12)15/h4-6,8-9,18H,7H2,1-3H3,(H,16,19). The average molecular weight is 350 g/mol. The zero-order chi connectivity index (χ0) is 14.6.